The van der Waals surface area contributed by atoms with Crippen LogP contribution in [-0.4, -0.2) is 36.1 Å². The van der Waals surface area contributed by atoms with Gasteiger partial charge < -0.3 is 5.32 Å². The highest BCUT2D eigenvalue weighted by Crippen LogP contribution is 2.39. The van der Waals surface area contributed by atoms with Crippen molar-refractivity contribution in [2.45, 2.75) is 70.4 Å². The molecule has 1 saturated heterocycles. The van der Waals surface area contributed by atoms with Crippen LogP contribution in [0.5, 0.6) is 0 Å². The lowest BCUT2D eigenvalue weighted by Gasteiger charge is -2.53. The van der Waals surface area contributed by atoms with Gasteiger partial charge in [-0.25, -0.2) is 0 Å². The van der Waals surface area contributed by atoms with E-state index in [2.05, 4.69) is 24.1 Å². The van der Waals surface area contributed by atoms with Gasteiger partial charge in [-0.15, -0.1) is 0 Å². The summed E-state index contributed by atoms with van der Waals surface area (Å²) in [6.45, 7) is 8.68. The van der Waals surface area contributed by atoms with E-state index in [4.69, 9.17) is 0 Å². The fraction of sp³-hybridized carbons (Fsp3) is 1.00. The Morgan fingerprint density at radius 1 is 1.17 bits per heavy atom. The Hall–Kier alpha value is -0.0800. The first-order valence-electron chi connectivity index (χ1n) is 8.18. The van der Waals surface area contributed by atoms with Crippen LogP contribution in [0, 0.1) is 11.8 Å². The molecule has 18 heavy (non-hydrogen) atoms. The second-order valence-corrected chi connectivity index (χ2v) is 7.36. The van der Waals surface area contributed by atoms with E-state index >= 15 is 0 Å². The van der Waals surface area contributed by atoms with Gasteiger partial charge in [0.25, 0.3) is 0 Å². The zero-order chi connectivity index (χ0) is 12.6. The summed E-state index contributed by atoms with van der Waals surface area (Å²) in [6.07, 6.45) is 10.2. The van der Waals surface area contributed by atoms with Crippen molar-refractivity contribution in [3.63, 3.8) is 0 Å². The van der Waals surface area contributed by atoms with Crippen LogP contribution in [0.25, 0.3) is 0 Å². The molecular weight excluding hydrogens is 220 g/mol. The maximum absolute atomic E-state index is 3.86. The molecule has 1 heterocycles. The van der Waals surface area contributed by atoms with Crippen LogP contribution in [0.4, 0.5) is 0 Å². The minimum atomic E-state index is 0.534. The number of nitrogens with zero attached hydrogens (tertiary/aromatic N) is 1. The lowest BCUT2D eigenvalue weighted by molar-refractivity contribution is -0.00108. The average molecular weight is 250 g/mol. The van der Waals surface area contributed by atoms with E-state index in [1.807, 2.05) is 0 Å². The highest BCUT2D eigenvalue weighted by Gasteiger charge is 2.44. The van der Waals surface area contributed by atoms with Gasteiger partial charge in [0.1, 0.15) is 0 Å². The van der Waals surface area contributed by atoms with Gasteiger partial charge in [0, 0.05) is 31.2 Å². The van der Waals surface area contributed by atoms with Crippen molar-refractivity contribution in [1.29, 1.82) is 0 Å². The highest BCUT2D eigenvalue weighted by atomic mass is 15.3. The smallest absolute Gasteiger partial charge is 0.0334 e. The zero-order valence-corrected chi connectivity index (χ0v) is 12.3. The normalized spacial score (nSPS) is 33.2. The Balaban J connectivity index is 1.70. The summed E-state index contributed by atoms with van der Waals surface area (Å²) in [4.78, 5) is 2.91. The largest absolute Gasteiger partial charge is 0.311 e. The summed E-state index contributed by atoms with van der Waals surface area (Å²) in [5.74, 6) is 1.81. The van der Waals surface area contributed by atoms with Gasteiger partial charge in [0.15, 0.2) is 0 Å². The van der Waals surface area contributed by atoms with Crippen LogP contribution in [0.2, 0.25) is 0 Å². The van der Waals surface area contributed by atoms with E-state index < -0.39 is 0 Å². The molecule has 0 aromatic carbocycles. The Bertz CT molecular complexity index is 277. The van der Waals surface area contributed by atoms with Crippen molar-refractivity contribution in [2.75, 3.05) is 19.6 Å². The second kappa shape index (κ2) is 5.13. The Morgan fingerprint density at radius 3 is 2.50 bits per heavy atom. The molecule has 1 atom stereocenters. The summed E-state index contributed by atoms with van der Waals surface area (Å²) < 4.78 is 0. The van der Waals surface area contributed by atoms with Crippen LogP contribution < -0.4 is 5.32 Å². The summed E-state index contributed by atoms with van der Waals surface area (Å²) in [5, 5.41) is 3.86. The van der Waals surface area contributed by atoms with E-state index in [9.17, 15) is 0 Å². The number of rotatable bonds is 3. The van der Waals surface area contributed by atoms with Gasteiger partial charge in [0.05, 0.1) is 0 Å². The maximum Gasteiger partial charge on any atom is 0.0334 e. The van der Waals surface area contributed by atoms with Gasteiger partial charge in [-0.05, 0) is 37.5 Å². The van der Waals surface area contributed by atoms with Crippen molar-refractivity contribution in [1.82, 2.24) is 10.2 Å². The first-order chi connectivity index (χ1) is 8.70. The molecule has 1 N–H and O–H groups in total. The Labute approximate surface area is 113 Å². The fourth-order valence-electron chi connectivity index (χ4n) is 3.96. The van der Waals surface area contributed by atoms with E-state index in [0.29, 0.717) is 5.54 Å². The van der Waals surface area contributed by atoms with Gasteiger partial charge in [-0.3, -0.25) is 4.90 Å². The van der Waals surface area contributed by atoms with E-state index in [1.54, 1.807) is 0 Å². The Morgan fingerprint density at radius 2 is 1.89 bits per heavy atom. The molecule has 2 saturated carbocycles. The SMILES string of the molecule is CC(C)C1CN(CC2CC2)C2(CCCCC2)CN1. The standard InChI is InChI=1S/C16H30N2/c1-13(2)15-11-18(10-14-6-7-14)16(12-17-15)8-4-3-5-9-16/h13-15,17H,3-12H2,1-2H3. The number of hydrogen-bond donors (Lipinski definition) is 1. The summed E-state index contributed by atoms with van der Waals surface area (Å²) in [5.41, 5.74) is 0.534. The molecule has 0 amide bonds. The molecule has 2 aliphatic carbocycles. The third-order valence-electron chi connectivity index (χ3n) is 5.55. The molecule has 0 bridgehead atoms. The zero-order valence-electron chi connectivity index (χ0n) is 12.3. The predicted molar refractivity (Wildman–Crippen MR) is 76.7 cm³/mol. The van der Waals surface area contributed by atoms with Crippen molar-refractivity contribution in [3.05, 3.63) is 0 Å². The number of piperazine rings is 1. The first kappa shape index (κ1) is 12.9. The van der Waals surface area contributed by atoms with E-state index in [-0.39, 0.29) is 0 Å². The molecule has 3 aliphatic rings. The van der Waals surface area contributed by atoms with Crippen LogP contribution in [0.15, 0.2) is 0 Å². The molecular formula is C16H30N2. The van der Waals surface area contributed by atoms with Crippen LogP contribution in [0.3, 0.4) is 0 Å². The minimum absolute atomic E-state index is 0.534. The third-order valence-corrected chi connectivity index (χ3v) is 5.55. The quantitative estimate of drug-likeness (QED) is 0.828. The second-order valence-electron chi connectivity index (χ2n) is 7.36. The number of hydrogen-bond acceptors (Lipinski definition) is 2. The fourth-order valence-corrected chi connectivity index (χ4v) is 3.96. The van der Waals surface area contributed by atoms with Gasteiger partial charge in [-0.2, -0.15) is 0 Å². The molecule has 1 unspecified atom stereocenters. The van der Waals surface area contributed by atoms with Gasteiger partial charge in [0.2, 0.25) is 0 Å². The maximum atomic E-state index is 3.86. The predicted octanol–water partition coefficient (Wildman–Crippen LogP) is 3.03. The first-order valence-corrected chi connectivity index (χ1v) is 8.18. The minimum Gasteiger partial charge on any atom is -0.311 e. The third kappa shape index (κ3) is 2.60. The van der Waals surface area contributed by atoms with Crippen LogP contribution >= 0.6 is 0 Å². The van der Waals surface area contributed by atoms with Crippen LogP contribution in [0.1, 0.15) is 58.8 Å². The average Bonchev–Trinajstić information content (AvgIpc) is 3.17. The van der Waals surface area contributed by atoms with Crippen molar-refractivity contribution in [2.24, 2.45) is 11.8 Å². The van der Waals surface area contributed by atoms with E-state index in [1.165, 1.54) is 64.6 Å². The lowest BCUT2D eigenvalue weighted by atomic mass is 9.77. The molecule has 2 nitrogen and oxygen atoms in total. The molecule has 1 spiro atoms. The molecule has 3 fully saturated rings. The Kier molecular flexibility index (Phi) is 3.68. The summed E-state index contributed by atoms with van der Waals surface area (Å²) in [7, 11) is 0. The molecule has 2 heteroatoms. The molecule has 0 radical (unpaired) electrons. The molecule has 0 aromatic rings. The van der Waals surface area contributed by atoms with Crippen LogP contribution in [-0.2, 0) is 0 Å². The summed E-state index contributed by atoms with van der Waals surface area (Å²) in [6, 6.07) is 0.719. The van der Waals surface area contributed by atoms with E-state index in [0.717, 1.165) is 17.9 Å². The van der Waals surface area contributed by atoms with Gasteiger partial charge >= 0.3 is 0 Å². The van der Waals surface area contributed by atoms with Gasteiger partial charge in [-0.1, -0.05) is 33.1 Å². The molecule has 104 valence electrons. The molecule has 3 rings (SSSR count). The highest BCUT2D eigenvalue weighted by molar-refractivity contribution is 5.02. The monoisotopic (exact) mass is 250 g/mol. The van der Waals surface area contributed by atoms with Crippen molar-refractivity contribution < 1.29 is 0 Å². The topological polar surface area (TPSA) is 15.3 Å². The van der Waals surface area contributed by atoms with Crippen molar-refractivity contribution in [3.8, 4) is 0 Å². The van der Waals surface area contributed by atoms with Crippen molar-refractivity contribution >= 4 is 0 Å². The molecule has 1 aliphatic heterocycles. The lowest BCUT2D eigenvalue weighted by Crippen LogP contribution is -2.66. The summed E-state index contributed by atoms with van der Waals surface area (Å²) >= 11 is 0. The molecule has 0 aromatic heterocycles. The number of nitrogens with one attached hydrogen (secondary N) is 1.